The van der Waals surface area contributed by atoms with Crippen molar-refractivity contribution in [3.8, 4) is 0 Å². The van der Waals surface area contributed by atoms with Crippen molar-refractivity contribution >= 4 is 11.3 Å². The maximum atomic E-state index is 4.27. The number of aryl methyl sites for hydroxylation is 2. The molecule has 4 heteroatoms. The molecule has 1 N–H and O–H groups in total. The molecule has 3 rings (SSSR count). The minimum absolute atomic E-state index is 0.428. The zero-order valence-electron chi connectivity index (χ0n) is 12.1. The minimum Gasteiger partial charge on any atom is -0.314 e. The van der Waals surface area contributed by atoms with Crippen molar-refractivity contribution in [1.29, 1.82) is 0 Å². The number of hydrogen-bond donors (Lipinski definition) is 1. The van der Waals surface area contributed by atoms with Crippen LogP contribution in [0.15, 0.2) is 30.6 Å². The first-order valence-electron chi connectivity index (χ1n) is 7.14. The molecule has 106 valence electrons. The number of hydrogen-bond acceptors (Lipinski definition) is 4. The van der Waals surface area contributed by atoms with Crippen LogP contribution < -0.4 is 5.32 Å². The molecule has 1 fully saturated rings. The molecule has 0 aromatic carbocycles. The summed E-state index contributed by atoms with van der Waals surface area (Å²) in [6.45, 7) is 8.63. The maximum Gasteiger partial charge on any atom is 0.0492 e. The summed E-state index contributed by atoms with van der Waals surface area (Å²) in [7, 11) is 0. The van der Waals surface area contributed by atoms with E-state index < -0.39 is 0 Å². The van der Waals surface area contributed by atoms with Gasteiger partial charge in [0, 0.05) is 54.4 Å². The molecule has 0 saturated carbocycles. The number of nitrogens with zero attached hydrogens (tertiary/aromatic N) is 2. The van der Waals surface area contributed by atoms with Crippen LogP contribution in [-0.4, -0.2) is 29.5 Å². The predicted octanol–water partition coefficient (Wildman–Crippen LogP) is 2.91. The second-order valence-corrected chi connectivity index (χ2v) is 6.88. The first-order valence-corrected chi connectivity index (χ1v) is 7.96. The summed E-state index contributed by atoms with van der Waals surface area (Å²) in [6, 6.07) is 6.98. The van der Waals surface area contributed by atoms with Crippen LogP contribution in [-0.2, 0) is 6.54 Å². The molecular formula is C16H21N3S. The standard InChI is InChI=1S/C16H21N3S/c1-12-8-15(13(2)20-12)11-19-7-6-18-10-16(19)14-4-3-5-17-9-14/h3-5,8-9,16,18H,6-7,10-11H2,1-2H3. The average Bonchev–Trinajstić information content (AvgIpc) is 2.78. The number of pyridine rings is 1. The SMILES string of the molecule is Cc1cc(CN2CCNCC2c2cccnc2)c(C)s1. The molecule has 1 saturated heterocycles. The van der Waals surface area contributed by atoms with Crippen molar-refractivity contribution in [3.63, 3.8) is 0 Å². The van der Waals surface area contributed by atoms with Crippen LogP contribution >= 0.6 is 11.3 Å². The molecule has 3 nitrogen and oxygen atoms in total. The fourth-order valence-corrected chi connectivity index (χ4v) is 3.84. The Morgan fingerprint density at radius 1 is 1.45 bits per heavy atom. The topological polar surface area (TPSA) is 28.2 Å². The quantitative estimate of drug-likeness (QED) is 0.941. The van der Waals surface area contributed by atoms with E-state index in [9.17, 15) is 0 Å². The first-order chi connectivity index (χ1) is 9.74. The van der Waals surface area contributed by atoms with E-state index in [2.05, 4.69) is 41.2 Å². The van der Waals surface area contributed by atoms with Gasteiger partial charge in [0.05, 0.1) is 0 Å². The van der Waals surface area contributed by atoms with Gasteiger partial charge in [0.1, 0.15) is 0 Å². The van der Waals surface area contributed by atoms with Gasteiger partial charge in [0.25, 0.3) is 0 Å². The third-order valence-electron chi connectivity index (χ3n) is 3.94. The lowest BCUT2D eigenvalue weighted by Crippen LogP contribution is -2.45. The van der Waals surface area contributed by atoms with E-state index in [4.69, 9.17) is 0 Å². The number of aromatic nitrogens is 1. The van der Waals surface area contributed by atoms with E-state index in [0.29, 0.717) is 6.04 Å². The third-order valence-corrected chi connectivity index (χ3v) is 4.95. The zero-order chi connectivity index (χ0) is 13.9. The molecule has 1 aliphatic rings. The van der Waals surface area contributed by atoms with E-state index in [1.165, 1.54) is 20.9 Å². The molecule has 0 bridgehead atoms. The summed E-state index contributed by atoms with van der Waals surface area (Å²) in [4.78, 5) is 9.70. The Bertz CT molecular complexity index is 564. The Labute approximate surface area is 124 Å². The Balaban J connectivity index is 1.81. The van der Waals surface area contributed by atoms with Gasteiger partial charge in [0.2, 0.25) is 0 Å². The number of rotatable bonds is 3. The highest BCUT2D eigenvalue weighted by molar-refractivity contribution is 7.12. The van der Waals surface area contributed by atoms with Crippen LogP contribution in [0.1, 0.15) is 26.9 Å². The fraction of sp³-hybridized carbons (Fsp3) is 0.438. The van der Waals surface area contributed by atoms with Gasteiger partial charge in [-0.1, -0.05) is 6.07 Å². The Kier molecular flexibility index (Phi) is 4.15. The van der Waals surface area contributed by atoms with E-state index in [1.54, 1.807) is 0 Å². The van der Waals surface area contributed by atoms with E-state index in [0.717, 1.165) is 26.2 Å². The minimum atomic E-state index is 0.428. The van der Waals surface area contributed by atoms with Crippen LogP contribution in [0, 0.1) is 13.8 Å². The Morgan fingerprint density at radius 2 is 2.35 bits per heavy atom. The van der Waals surface area contributed by atoms with Crippen molar-refractivity contribution in [2.45, 2.75) is 26.4 Å². The predicted molar refractivity (Wildman–Crippen MR) is 84.1 cm³/mol. The largest absolute Gasteiger partial charge is 0.314 e. The van der Waals surface area contributed by atoms with Crippen LogP contribution in [0.2, 0.25) is 0 Å². The molecule has 0 spiro atoms. The third kappa shape index (κ3) is 2.92. The highest BCUT2D eigenvalue weighted by Gasteiger charge is 2.24. The summed E-state index contributed by atoms with van der Waals surface area (Å²) in [5, 5.41) is 3.50. The van der Waals surface area contributed by atoms with E-state index in [-0.39, 0.29) is 0 Å². The molecule has 2 aromatic heterocycles. The molecule has 0 aliphatic carbocycles. The first kappa shape index (κ1) is 13.7. The van der Waals surface area contributed by atoms with Gasteiger partial charge < -0.3 is 5.32 Å². The molecule has 0 amide bonds. The van der Waals surface area contributed by atoms with E-state index in [1.807, 2.05) is 29.8 Å². The molecule has 0 radical (unpaired) electrons. The van der Waals surface area contributed by atoms with Gasteiger partial charge in [-0.2, -0.15) is 0 Å². The Hall–Kier alpha value is -1.23. The lowest BCUT2D eigenvalue weighted by molar-refractivity contribution is 0.153. The highest BCUT2D eigenvalue weighted by Crippen LogP contribution is 2.27. The van der Waals surface area contributed by atoms with Gasteiger partial charge in [0.15, 0.2) is 0 Å². The van der Waals surface area contributed by atoms with Crippen LogP contribution in [0.3, 0.4) is 0 Å². The van der Waals surface area contributed by atoms with Crippen molar-refractivity contribution < 1.29 is 0 Å². The molecular weight excluding hydrogens is 266 g/mol. The van der Waals surface area contributed by atoms with Crippen molar-refractivity contribution in [2.75, 3.05) is 19.6 Å². The smallest absolute Gasteiger partial charge is 0.0492 e. The molecule has 20 heavy (non-hydrogen) atoms. The molecule has 3 heterocycles. The number of piperazine rings is 1. The number of thiophene rings is 1. The van der Waals surface area contributed by atoms with Crippen molar-refractivity contribution in [3.05, 3.63) is 51.5 Å². The fourth-order valence-electron chi connectivity index (χ4n) is 2.90. The molecule has 1 unspecified atom stereocenters. The molecule has 1 aliphatic heterocycles. The lowest BCUT2D eigenvalue weighted by Gasteiger charge is -2.36. The van der Waals surface area contributed by atoms with Gasteiger partial charge in [-0.15, -0.1) is 11.3 Å². The van der Waals surface area contributed by atoms with Crippen molar-refractivity contribution in [2.24, 2.45) is 0 Å². The maximum absolute atomic E-state index is 4.27. The molecule has 1 atom stereocenters. The van der Waals surface area contributed by atoms with Gasteiger partial charge in [-0.25, -0.2) is 0 Å². The summed E-state index contributed by atoms with van der Waals surface area (Å²) in [5.41, 5.74) is 2.78. The normalized spacial score (nSPS) is 20.2. The Morgan fingerprint density at radius 3 is 3.05 bits per heavy atom. The van der Waals surface area contributed by atoms with Crippen LogP contribution in [0.25, 0.3) is 0 Å². The summed E-state index contributed by atoms with van der Waals surface area (Å²) >= 11 is 1.90. The number of nitrogens with one attached hydrogen (secondary N) is 1. The average molecular weight is 287 g/mol. The van der Waals surface area contributed by atoms with Gasteiger partial charge in [-0.05, 0) is 37.1 Å². The van der Waals surface area contributed by atoms with Gasteiger partial charge >= 0.3 is 0 Å². The summed E-state index contributed by atoms with van der Waals surface area (Å²) in [5.74, 6) is 0. The lowest BCUT2D eigenvalue weighted by atomic mass is 10.0. The highest BCUT2D eigenvalue weighted by atomic mass is 32.1. The van der Waals surface area contributed by atoms with E-state index >= 15 is 0 Å². The van der Waals surface area contributed by atoms with Crippen LogP contribution in [0.5, 0.6) is 0 Å². The summed E-state index contributed by atoms with van der Waals surface area (Å²) in [6.07, 6.45) is 3.84. The van der Waals surface area contributed by atoms with Crippen molar-refractivity contribution in [1.82, 2.24) is 15.2 Å². The summed E-state index contributed by atoms with van der Waals surface area (Å²) < 4.78 is 0. The van der Waals surface area contributed by atoms with Crippen LogP contribution in [0.4, 0.5) is 0 Å². The second kappa shape index (κ2) is 6.04. The monoisotopic (exact) mass is 287 g/mol. The molecule has 2 aromatic rings. The zero-order valence-corrected chi connectivity index (χ0v) is 12.9. The van der Waals surface area contributed by atoms with Gasteiger partial charge in [-0.3, -0.25) is 9.88 Å². The second-order valence-electron chi connectivity index (χ2n) is 5.42.